The SMILES string of the molecule is CCCCn1ncc(NC2CCC(CC)C2C)c(Cl)c1=O. The van der Waals surface area contributed by atoms with Crippen LogP contribution in [0.5, 0.6) is 0 Å². The molecule has 21 heavy (non-hydrogen) atoms. The van der Waals surface area contributed by atoms with Crippen LogP contribution in [0.2, 0.25) is 5.02 Å². The third kappa shape index (κ3) is 3.60. The van der Waals surface area contributed by atoms with Crippen LogP contribution >= 0.6 is 11.6 Å². The molecule has 1 aromatic rings. The summed E-state index contributed by atoms with van der Waals surface area (Å²) in [6.07, 6.45) is 7.26. The Balaban J connectivity index is 2.11. The van der Waals surface area contributed by atoms with E-state index in [1.165, 1.54) is 17.5 Å². The lowest BCUT2D eigenvalue weighted by molar-refractivity contribution is 0.392. The molecule has 0 bridgehead atoms. The third-order valence-electron chi connectivity index (χ3n) is 4.80. The van der Waals surface area contributed by atoms with Gasteiger partial charge in [-0.1, -0.05) is 45.2 Å². The van der Waals surface area contributed by atoms with Gasteiger partial charge in [0.05, 0.1) is 11.9 Å². The van der Waals surface area contributed by atoms with E-state index < -0.39 is 0 Å². The molecular formula is C16H26ClN3O. The van der Waals surface area contributed by atoms with E-state index in [2.05, 4.69) is 31.2 Å². The van der Waals surface area contributed by atoms with Crippen molar-refractivity contribution in [3.05, 3.63) is 21.6 Å². The molecule has 1 fully saturated rings. The first kappa shape index (κ1) is 16.3. The molecule has 3 unspecified atom stereocenters. The van der Waals surface area contributed by atoms with Gasteiger partial charge in [-0.2, -0.15) is 5.10 Å². The number of hydrogen-bond donors (Lipinski definition) is 1. The topological polar surface area (TPSA) is 46.9 Å². The Morgan fingerprint density at radius 1 is 1.43 bits per heavy atom. The summed E-state index contributed by atoms with van der Waals surface area (Å²) >= 11 is 6.24. The summed E-state index contributed by atoms with van der Waals surface area (Å²) < 4.78 is 1.46. The first-order valence-corrected chi connectivity index (χ1v) is 8.48. The highest BCUT2D eigenvalue weighted by Gasteiger charge is 2.31. The van der Waals surface area contributed by atoms with Gasteiger partial charge in [-0.05, 0) is 31.1 Å². The highest BCUT2D eigenvalue weighted by molar-refractivity contribution is 6.32. The predicted octanol–water partition coefficient (Wildman–Crippen LogP) is 3.93. The lowest BCUT2D eigenvalue weighted by Gasteiger charge is -2.22. The van der Waals surface area contributed by atoms with E-state index in [9.17, 15) is 4.79 Å². The van der Waals surface area contributed by atoms with E-state index in [1.807, 2.05) is 0 Å². The van der Waals surface area contributed by atoms with E-state index in [1.54, 1.807) is 6.20 Å². The molecule has 0 aliphatic heterocycles. The fourth-order valence-corrected chi connectivity index (χ4v) is 3.46. The van der Waals surface area contributed by atoms with E-state index >= 15 is 0 Å². The third-order valence-corrected chi connectivity index (χ3v) is 5.17. The average molecular weight is 312 g/mol. The normalized spacial score (nSPS) is 25.2. The monoisotopic (exact) mass is 311 g/mol. The second kappa shape index (κ2) is 7.30. The highest BCUT2D eigenvalue weighted by atomic mass is 35.5. The predicted molar refractivity (Wildman–Crippen MR) is 88.0 cm³/mol. The Morgan fingerprint density at radius 3 is 2.81 bits per heavy atom. The maximum atomic E-state index is 12.2. The summed E-state index contributed by atoms with van der Waals surface area (Å²) in [7, 11) is 0. The maximum absolute atomic E-state index is 12.2. The van der Waals surface area contributed by atoms with Crippen molar-refractivity contribution in [3.8, 4) is 0 Å². The molecule has 1 aliphatic rings. The van der Waals surface area contributed by atoms with Crippen molar-refractivity contribution in [2.75, 3.05) is 5.32 Å². The Kier molecular flexibility index (Phi) is 5.68. The Hall–Kier alpha value is -1.03. The number of aryl methyl sites for hydroxylation is 1. The largest absolute Gasteiger partial charge is 0.379 e. The van der Waals surface area contributed by atoms with Crippen LogP contribution in [0.3, 0.4) is 0 Å². The smallest absolute Gasteiger partial charge is 0.287 e. The van der Waals surface area contributed by atoms with Crippen molar-refractivity contribution >= 4 is 17.3 Å². The quantitative estimate of drug-likeness (QED) is 0.865. The highest BCUT2D eigenvalue weighted by Crippen LogP contribution is 2.36. The van der Waals surface area contributed by atoms with Crippen molar-refractivity contribution in [2.24, 2.45) is 11.8 Å². The van der Waals surface area contributed by atoms with Crippen molar-refractivity contribution in [1.29, 1.82) is 0 Å². The zero-order valence-electron chi connectivity index (χ0n) is 13.2. The number of aromatic nitrogens is 2. The number of nitrogens with zero attached hydrogens (tertiary/aromatic N) is 2. The molecule has 1 aromatic heterocycles. The summed E-state index contributed by atoms with van der Waals surface area (Å²) in [5, 5.41) is 7.95. The molecule has 0 aromatic carbocycles. The molecule has 3 atom stereocenters. The average Bonchev–Trinajstić information content (AvgIpc) is 2.83. The molecule has 2 rings (SSSR count). The van der Waals surface area contributed by atoms with Gasteiger partial charge in [-0.3, -0.25) is 4.79 Å². The number of anilines is 1. The van der Waals surface area contributed by atoms with Gasteiger partial charge in [0.25, 0.3) is 5.56 Å². The molecule has 1 N–H and O–H groups in total. The van der Waals surface area contributed by atoms with Gasteiger partial charge in [-0.25, -0.2) is 4.68 Å². The molecule has 0 amide bonds. The van der Waals surface area contributed by atoms with Crippen LogP contribution in [0, 0.1) is 11.8 Å². The maximum Gasteiger partial charge on any atom is 0.287 e. The van der Waals surface area contributed by atoms with E-state index in [4.69, 9.17) is 11.6 Å². The number of halogens is 1. The minimum absolute atomic E-state index is 0.187. The second-order valence-corrected chi connectivity index (χ2v) is 6.49. The van der Waals surface area contributed by atoms with Crippen molar-refractivity contribution < 1.29 is 0 Å². The molecular weight excluding hydrogens is 286 g/mol. The number of rotatable bonds is 6. The fraction of sp³-hybridized carbons (Fsp3) is 0.750. The molecule has 1 aliphatic carbocycles. The van der Waals surface area contributed by atoms with Crippen molar-refractivity contribution in [1.82, 2.24) is 9.78 Å². The second-order valence-electron chi connectivity index (χ2n) is 6.11. The Bertz CT molecular complexity index is 529. The summed E-state index contributed by atoms with van der Waals surface area (Å²) in [6, 6.07) is 0.389. The zero-order valence-corrected chi connectivity index (χ0v) is 14.0. The Labute approximate surface area is 131 Å². The van der Waals surface area contributed by atoms with Crippen molar-refractivity contribution in [2.45, 2.75) is 65.5 Å². The lowest BCUT2D eigenvalue weighted by Crippen LogP contribution is -2.28. The minimum atomic E-state index is -0.187. The Morgan fingerprint density at radius 2 is 2.19 bits per heavy atom. The number of unbranched alkanes of at least 4 members (excludes halogenated alkanes) is 1. The van der Waals surface area contributed by atoms with Gasteiger partial charge >= 0.3 is 0 Å². The summed E-state index contributed by atoms with van der Waals surface area (Å²) in [4.78, 5) is 12.2. The molecule has 1 heterocycles. The number of hydrogen-bond acceptors (Lipinski definition) is 3. The van der Waals surface area contributed by atoms with Gasteiger partial charge < -0.3 is 5.32 Å². The minimum Gasteiger partial charge on any atom is -0.379 e. The first-order chi connectivity index (χ1) is 10.1. The van der Waals surface area contributed by atoms with Crippen LogP contribution in [0.1, 0.15) is 52.9 Å². The molecule has 5 heteroatoms. The van der Waals surface area contributed by atoms with Crippen LogP contribution in [-0.2, 0) is 6.54 Å². The zero-order chi connectivity index (χ0) is 15.4. The number of nitrogens with one attached hydrogen (secondary N) is 1. The standard InChI is InChI=1S/C16H26ClN3O/c1-4-6-9-20-16(21)15(17)14(10-18-20)19-13-8-7-12(5-2)11(13)3/h10-13,19H,4-9H2,1-3H3. The molecule has 0 spiro atoms. The van der Waals surface area contributed by atoms with Gasteiger partial charge in [-0.15, -0.1) is 0 Å². The van der Waals surface area contributed by atoms with Crippen LogP contribution in [0.4, 0.5) is 5.69 Å². The van der Waals surface area contributed by atoms with Crippen LogP contribution in [-0.4, -0.2) is 15.8 Å². The van der Waals surface area contributed by atoms with E-state index in [-0.39, 0.29) is 10.6 Å². The summed E-state index contributed by atoms with van der Waals surface area (Å²) in [5.41, 5.74) is 0.496. The fourth-order valence-electron chi connectivity index (χ4n) is 3.26. The molecule has 0 saturated heterocycles. The lowest BCUT2D eigenvalue weighted by atomic mass is 9.93. The van der Waals surface area contributed by atoms with Gasteiger partial charge in [0.15, 0.2) is 0 Å². The first-order valence-electron chi connectivity index (χ1n) is 8.10. The summed E-state index contributed by atoms with van der Waals surface area (Å²) in [6.45, 7) is 7.25. The van der Waals surface area contributed by atoms with Gasteiger partial charge in [0.2, 0.25) is 0 Å². The van der Waals surface area contributed by atoms with Crippen LogP contribution < -0.4 is 10.9 Å². The van der Waals surface area contributed by atoms with Crippen molar-refractivity contribution in [3.63, 3.8) is 0 Å². The van der Waals surface area contributed by atoms with Crippen LogP contribution in [0.25, 0.3) is 0 Å². The van der Waals surface area contributed by atoms with Gasteiger partial charge in [0, 0.05) is 12.6 Å². The van der Waals surface area contributed by atoms with Crippen LogP contribution in [0.15, 0.2) is 11.0 Å². The summed E-state index contributed by atoms with van der Waals surface area (Å²) in [5.74, 6) is 1.37. The van der Waals surface area contributed by atoms with E-state index in [0.717, 1.165) is 25.2 Å². The van der Waals surface area contributed by atoms with Gasteiger partial charge in [0.1, 0.15) is 5.02 Å². The van der Waals surface area contributed by atoms with E-state index in [0.29, 0.717) is 24.2 Å². The molecule has 0 radical (unpaired) electrons. The molecule has 1 saturated carbocycles. The molecule has 4 nitrogen and oxygen atoms in total. The molecule has 118 valence electrons.